The third kappa shape index (κ3) is 4.38. The normalized spacial score (nSPS) is 20.4. The summed E-state index contributed by atoms with van der Waals surface area (Å²) in [5.74, 6) is -3.75. The number of sulfonamides is 1. The van der Waals surface area contributed by atoms with Gasteiger partial charge in [-0.1, -0.05) is 6.92 Å². The maximum Gasteiger partial charge on any atom is 0.259 e. The van der Waals surface area contributed by atoms with E-state index in [9.17, 15) is 22.0 Å². The van der Waals surface area contributed by atoms with E-state index >= 15 is 0 Å². The third-order valence-corrected chi connectivity index (χ3v) is 6.60. The Hall–Kier alpha value is -2.66. The molecule has 31 heavy (non-hydrogen) atoms. The van der Waals surface area contributed by atoms with Gasteiger partial charge in [0.2, 0.25) is 0 Å². The van der Waals surface area contributed by atoms with Gasteiger partial charge >= 0.3 is 0 Å². The van der Waals surface area contributed by atoms with Crippen molar-refractivity contribution in [2.45, 2.75) is 43.6 Å². The number of carbonyl (C=O) groups excluding carboxylic acids is 1. The lowest BCUT2D eigenvalue weighted by Crippen LogP contribution is -2.46. The van der Waals surface area contributed by atoms with Crippen LogP contribution in [0, 0.1) is 5.92 Å². The van der Waals surface area contributed by atoms with Crippen molar-refractivity contribution < 1.29 is 22.0 Å². The lowest BCUT2D eigenvalue weighted by Gasteiger charge is -2.38. The van der Waals surface area contributed by atoms with Gasteiger partial charge in [-0.05, 0) is 37.0 Å². The van der Waals surface area contributed by atoms with Crippen LogP contribution in [-0.2, 0) is 22.9 Å². The first-order valence-corrected chi connectivity index (χ1v) is 11.5. The zero-order valence-corrected chi connectivity index (χ0v) is 17.8. The fourth-order valence-electron chi connectivity index (χ4n) is 3.99. The van der Waals surface area contributed by atoms with E-state index in [2.05, 4.69) is 15.3 Å². The van der Waals surface area contributed by atoms with E-state index < -0.39 is 27.8 Å². The van der Waals surface area contributed by atoms with Crippen molar-refractivity contribution in [3.63, 3.8) is 0 Å². The van der Waals surface area contributed by atoms with Crippen LogP contribution in [0.3, 0.4) is 0 Å². The fourth-order valence-corrected chi connectivity index (χ4v) is 4.49. The highest BCUT2D eigenvalue weighted by Crippen LogP contribution is 2.36. The maximum absolute atomic E-state index is 14.0. The van der Waals surface area contributed by atoms with Gasteiger partial charge in [-0.15, -0.1) is 0 Å². The highest BCUT2D eigenvalue weighted by atomic mass is 32.2. The van der Waals surface area contributed by atoms with Crippen molar-refractivity contribution in [2.75, 3.05) is 23.3 Å². The molecule has 3 N–H and O–H groups in total. The van der Waals surface area contributed by atoms with Crippen LogP contribution in [0.15, 0.2) is 29.4 Å². The van der Waals surface area contributed by atoms with Gasteiger partial charge in [0.15, 0.2) is 5.03 Å². The second kappa shape index (κ2) is 7.79. The number of primary sulfonamides is 1. The first kappa shape index (κ1) is 21.6. The summed E-state index contributed by atoms with van der Waals surface area (Å²) >= 11 is 0. The Kier molecular flexibility index (Phi) is 5.42. The van der Waals surface area contributed by atoms with E-state index in [1.165, 1.54) is 19.2 Å². The second-order valence-electron chi connectivity index (χ2n) is 8.06. The summed E-state index contributed by atoms with van der Waals surface area (Å²) < 4.78 is 51.1. The molecule has 1 saturated heterocycles. The predicted molar refractivity (Wildman–Crippen MR) is 111 cm³/mol. The van der Waals surface area contributed by atoms with Crippen LogP contribution in [0.25, 0.3) is 0 Å². The van der Waals surface area contributed by atoms with Crippen LogP contribution >= 0.6 is 0 Å². The van der Waals surface area contributed by atoms with Gasteiger partial charge < -0.3 is 10.2 Å². The summed E-state index contributed by atoms with van der Waals surface area (Å²) in [4.78, 5) is 23.2. The maximum atomic E-state index is 14.0. The number of aryl methyl sites for hydroxylation is 2. The number of halogens is 2. The molecule has 1 aliphatic heterocycles. The van der Waals surface area contributed by atoms with Gasteiger partial charge in [0.1, 0.15) is 5.82 Å². The summed E-state index contributed by atoms with van der Waals surface area (Å²) in [6.07, 6.45) is 3.42. The minimum absolute atomic E-state index is 0.0872. The lowest BCUT2D eigenvalue weighted by atomic mass is 9.95. The fraction of sp³-hybridized carbons (Fsp3) is 0.450. The molecular formula is C20H23F2N5O3S. The van der Waals surface area contributed by atoms with Crippen LogP contribution in [0.5, 0.6) is 0 Å². The highest BCUT2D eigenvalue weighted by molar-refractivity contribution is 7.89. The van der Waals surface area contributed by atoms with Crippen molar-refractivity contribution in [2.24, 2.45) is 11.1 Å². The molecule has 0 radical (unpaired) electrons. The largest absolute Gasteiger partial charge is 0.355 e. The Morgan fingerprint density at radius 1 is 1.32 bits per heavy atom. The number of piperidine rings is 1. The van der Waals surface area contributed by atoms with Gasteiger partial charge in [-0.25, -0.2) is 32.3 Å². The molecule has 0 bridgehead atoms. The van der Waals surface area contributed by atoms with Crippen molar-refractivity contribution in [1.29, 1.82) is 0 Å². The smallest absolute Gasteiger partial charge is 0.259 e. The highest BCUT2D eigenvalue weighted by Gasteiger charge is 2.42. The van der Waals surface area contributed by atoms with E-state index in [-0.39, 0.29) is 35.8 Å². The van der Waals surface area contributed by atoms with Crippen molar-refractivity contribution in [3.8, 4) is 0 Å². The van der Waals surface area contributed by atoms with Crippen LogP contribution in [0.1, 0.15) is 41.4 Å². The third-order valence-electron chi connectivity index (χ3n) is 5.79. The monoisotopic (exact) mass is 451 g/mol. The van der Waals surface area contributed by atoms with Crippen LogP contribution in [0.2, 0.25) is 0 Å². The summed E-state index contributed by atoms with van der Waals surface area (Å²) in [6, 6.07) is 4.37. The number of pyridine rings is 2. The van der Waals surface area contributed by atoms with Gasteiger partial charge in [-0.3, -0.25) is 4.79 Å². The number of aromatic nitrogens is 2. The summed E-state index contributed by atoms with van der Waals surface area (Å²) in [6.45, 7) is 1.67. The molecule has 1 atom stereocenters. The van der Waals surface area contributed by atoms with Gasteiger partial charge in [0, 0.05) is 49.1 Å². The Morgan fingerprint density at radius 2 is 2.10 bits per heavy atom. The average Bonchev–Trinajstić information content (AvgIpc) is 3.16. The number of carbonyl (C=O) groups is 1. The summed E-state index contributed by atoms with van der Waals surface area (Å²) in [5.41, 5.74) is 2.32. The lowest BCUT2D eigenvalue weighted by molar-refractivity contribution is -0.0652. The predicted octanol–water partition coefficient (Wildman–Crippen LogP) is 2.35. The molecule has 2 aromatic rings. The minimum Gasteiger partial charge on any atom is -0.355 e. The van der Waals surface area contributed by atoms with Gasteiger partial charge in [0.05, 0.1) is 5.56 Å². The second-order valence-corrected chi connectivity index (χ2v) is 9.57. The molecule has 0 aromatic carbocycles. The number of fused-ring (bicyclic) bond motifs is 1. The zero-order chi connectivity index (χ0) is 22.4. The quantitative estimate of drug-likeness (QED) is 0.737. The van der Waals surface area contributed by atoms with E-state index in [1.54, 1.807) is 11.0 Å². The van der Waals surface area contributed by atoms with Crippen LogP contribution in [-0.4, -0.2) is 43.3 Å². The molecule has 0 saturated carbocycles. The van der Waals surface area contributed by atoms with E-state index in [0.717, 1.165) is 36.6 Å². The Bertz CT molecular complexity index is 1140. The van der Waals surface area contributed by atoms with Crippen molar-refractivity contribution in [1.82, 2.24) is 9.97 Å². The topological polar surface area (TPSA) is 118 Å². The molecule has 4 rings (SSSR count). The summed E-state index contributed by atoms with van der Waals surface area (Å²) in [5, 5.41) is 7.39. The number of nitrogens with zero attached hydrogens (tertiary/aromatic N) is 3. The molecule has 8 nitrogen and oxygen atoms in total. The standard InChI is InChI=1S/C20H23F2N5O3S/c1-12-11-27(8-6-20(12,21)22)18-15(9-13-3-2-4-16(13)26-18)19(28)25-14-5-7-24-17(10-14)31(23,29)30/h5,7,9-10,12H,2-4,6,8,11H2,1H3,(H2,23,29,30)(H,24,25,28). The number of rotatable bonds is 4. The number of amides is 1. The molecule has 3 heterocycles. The molecular weight excluding hydrogens is 428 g/mol. The first-order chi connectivity index (χ1) is 14.5. The van der Waals surface area contributed by atoms with E-state index in [4.69, 9.17) is 5.14 Å². The SMILES string of the molecule is CC1CN(c2nc3c(cc2C(=O)Nc2ccnc(S(N)(=O)=O)c2)CCC3)CCC1(F)F. The number of alkyl halides is 2. The molecule has 11 heteroatoms. The minimum atomic E-state index is -4.03. The molecule has 1 unspecified atom stereocenters. The number of hydrogen-bond donors (Lipinski definition) is 2. The number of nitrogens with one attached hydrogen (secondary N) is 1. The molecule has 0 spiro atoms. The van der Waals surface area contributed by atoms with E-state index in [1.807, 2.05) is 0 Å². The average molecular weight is 451 g/mol. The number of anilines is 2. The van der Waals surface area contributed by atoms with Crippen molar-refractivity contribution in [3.05, 3.63) is 41.2 Å². The zero-order valence-electron chi connectivity index (χ0n) is 16.9. The van der Waals surface area contributed by atoms with Gasteiger partial charge in [-0.2, -0.15) is 0 Å². The molecule has 2 aromatic heterocycles. The first-order valence-electron chi connectivity index (χ1n) is 10.0. The Labute approximate surface area is 178 Å². The number of hydrogen-bond acceptors (Lipinski definition) is 6. The Morgan fingerprint density at radius 3 is 2.81 bits per heavy atom. The summed E-state index contributed by atoms with van der Waals surface area (Å²) in [7, 11) is -4.03. The van der Waals surface area contributed by atoms with Gasteiger partial charge in [0.25, 0.3) is 21.9 Å². The van der Waals surface area contributed by atoms with Crippen LogP contribution in [0.4, 0.5) is 20.3 Å². The van der Waals surface area contributed by atoms with Crippen molar-refractivity contribution >= 4 is 27.4 Å². The molecule has 2 aliphatic rings. The Balaban J connectivity index is 1.67. The van der Waals surface area contributed by atoms with Crippen LogP contribution < -0.4 is 15.4 Å². The molecule has 166 valence electrons. The molecule has 1 aliphatic carbocycles. The number of nitrogens with two attached hydrogens (primary N) is 1. The molecule has 1 amide bonds. The molecule has 1 fully saturated rings. The van der Waals surface area contributed by atoms with E-state index in [0.29, 0.717) is 5.82 Å².